The molecule has 1 unspecified atom stereocenters. The van der Waals surface area contributed by atoms with Crippen molar-refractivity contribution in [2.75, 3.05) is 20.6 Å². The van der Waals surface area contributed by atoms with Crippen LogP contribution in [0.5, 0.6) is 0 Å². The second kappa shape index (κ2) is 10.8. The minimum absolute atomic E-state index is 0.0588. The minimum Gasteiger partial charge on any atom is -0.355 e. The molecule has 1 rings (SSSR count). The molecule has 0 bridgehead atoms. The summed E-state index contributed by atoms with van der Waals surface area (Å²) in [6.07, 6.45) is 4.60. The normalized spacial score (nSPS) is 12.0. The summed E-state index contributed by atoms with van der Waals surface area (Å²) in [4.78, 5) is 25.6. The Bertz CT molecular complexity index is 514. The molecule has 0 saturated carbocycles. The topological polar surface area (TPSA) is 61.4 Å². The minimum atomic E-state index is -0.0913. The van der Waals surface area contributed by atoms with Crippen LogP contribution in [-0.4, -0.2) is 43.4 Å². The van der Waals surface area contributed by atoms with E-state index in [2.05, 4.69) is 24.5 Å². The fourth-order valence-corrected chi connectivity index (χ4v) is 2.61. The van der Waals surface area contributed by atoms with Gasteiger partial charge < -0.3 is 10.6 Å². The van der Waals surface area contributed by atoms with Crippen LogP contribution in [-0.2, 0) is 11.3 Å². The predicted octanol–water partition coefficient (Wildman–Crippen LogP) is 2.56. The molecule has 0 fully saturated rings. The summed E-state index contributed by atoms with van der Waals surface area (Å²) in [5, 5.41) is 5.66. The van der Waals surface area contributed by atoms with Gasteiger partial charge in [-0.2, -0.15) is 0 Å². The van der Waals surface area contributed by atoms with Crippen LogP contribution >= 0.6 is 0 Å². The molecule has 0 heterocycles. The van der Waals surface area contributed by atoms with Gasteiger partial charge in [-0.15, -0.1) is 0 Å². The molecule has 1 atom stereocenters. The fourth-order valence-electron chi connectivity index (χ4n) is 2.61. The molecular formula is C19H31N3O2. The first-order valence-corrected chi connectivity index (χ1v) is 8.75. The van der Waals surface area contributed by atoms with E-state index < -0.39 is 0 Å². The highest BCUT2D eigenvalue weighted by Gasteiger charge is 2.10. The molecule has 134 valence electrons. The van der Waals surface area contributed by atoms with Crippen molar-refractivity contribution < 1.29 is 9.59 Å². The lowest BCUT2D eigenvalue weighted by Crippen LogP contribution is -2.39. The third-order valence-corrected chi connectivity index (χ3v) is 3.96. The zero-order valence-electron chi connectivity index (χ0n) is 15.4. The lowest BCUT2D eigenvalue weighted by atomic mass is 10.1. The van der Waals surface area contributed by atoms with E-state index in [9.17, 15) is 9.59 Å². The van der Waals surface area contributed by atoms with Crippen molar-refractivity contribution in [1.82, 2.24) is 15.5 Å². The van der Waals surface area contributed by atoms with Crippen LogP contribution in [0.25, 0.3) is 0 Å². The Balaban J connectivity index is 2.38. The Morgan fingerprint density at radius 1 is 1.17 bits per heavy atom. The predicted molar refractivity (Wildman–Crippen MR) is 97.9 cm³/mol. The smallest absolute Gasteiger partial charge is 0.251 e. The van der Waals surface area contributed by atoms with Gasteiger partial charge in [0.2, 0.25) is 5.91 Å². The number of hydrogen-bond acceptors (Lipinski definition) is 3. The van der Waals surface area contributed by atoms with Gasteiger partial charge in [0.05, 0.1) is 6.54 Å². The molecule has 5 nitrogen and oxygen atoms in total. The number of carbonyl (C=O) groups excluding carboxylic acids is 2. The molecule has 0 spiro atoms. The van der Waals surface area contributed by atoms with E-state index in [0.29, 0.717) is 18.7 Å². The lowest BCUT2D eigenvalue weighted by Gasteiger charge is -2.19. The van der Waals surface area contributed by atoms with Gasteiger partial charge in [-0.05, 0) is 38.1 Å². The second-order valence-corrected chi connectivity index (χ2v) is 6.41. The quantitative estimate of drug-likeness (QED) is 0.647. The summed E-state index contributed by atoms with van der Waals surface area (Å²) in [5.41, 5.74) is 1.72. The number of carbonyl (C=O) groups is 2. The van der Waals surface area contributed by atoms with Crippen LogP contribution in [0.15, 0.2) is 24.3 Å². The van der Waals surface area contributed by atoms with E-state index >= 15 is 0 Å². The average molecular weight is 333 g/mol. The summed E-state index contributed by atoms with van der Waals surface area (Å²) in [7, 11) is 3.54. The van der Waals surface area contributed by atoms with Gasteiger partial charge in [-0.1, -0.05) is 38.3 Å². The molecule has 2 N–H and O–H groups in total. The van der Waals surface area contributed by atoms with E-state index in [1.165, 1.54) is 12.8 Å². The maximum absolute atomic E-state index is 12.1. The zero-order valence-corrected chi connectivity index (χ0v) is 15.4. The van der Waals surface area contributed by atoms with E-state index in [1.807, 2.05) is 24.1 Å². The molecule has 0 aromatic heterocycles. The maximum Gasteiger partial charge on any atom is 0.251 e. The number of amides is 2. The first-order valence-electron chi connectivity index (χ1n) is 8.75. The Hall–Kier alpha value is -1.88. The average Bonchev–Trinajstić information content (AvgIpc) is 2.54. The Kier molecular flexibility index (Phi) is 9.08. The third-order valence-electron chi connectivity index (χ3n) is 3.96. The van der Waals surface area contributed by atoms with Gasteiger partial charge in [0, 0.05) is 25.2 Å². The molecule has 0 radical (unpaired) electrons. The van der Waals surface area contributed by atoms with Crippen LogP contribution in [0.2, 0.25) is 0 Å². The molecule has 0 aliphatic heterocycles. The molecule has 0 aliphatic rings. The summed E-state index contributed by atoms with van der Waals surface area (Å²) in [6.45, 7) is 5.28. The van der Waals surface area contributed by atoms with Crippen LogP contribution in [0.3, 0.4) is 0 Å². The molecule has 24 heavy (non-hydrogen) atoms. The largest absolute Gasteiger partial charge is 0.355 e. The highest BCUT2D eigenvalue weighted by molar-refractivity contribution is 5.93. The van der Waals surface area contributed by atoms with Crippen molar-refractivity contribution in [2.24, 2.45) is 0 Å². The maximum atomic E-state index is 12.1. The van der Waals surface area contributed by atoms with Gasteiger partial charge in [-0.3, -0.25) is 14.5 Å². The SMILES string of the molecule is CCCCCC(C)NC(=O)CN(C)Cc1ccc(C(=O)NC)cc1. The number of hydrogen-bond donors (Lipinski definition) is 2. The van der Waals surface area contributed by atoms with E-state index in [0.717, 1.165) is 18.4 Å². The molecule has 1 aromatic carbocycles. The van der Waals surface area contributed by atoms with Crippen molar-refractivity contribution in [3.8, 4) is 0 Å². The second-order valence-electron chi connectivity index (χ2n) is 6.41. The van der Waals surface area contributed by atoms with Crippen molar-refractivity contribution in [2.45, 2.75) is 52.1 Å². The summed E-state index contributed by atoms with van der Waals surface area (Å²) >= 11 is 0. The van der Waals surface area contributed by atoms with Gasteiger partial charge >= 0.3 is 0 Å². The lowest BCUT2D eigenvalue weighted by molar-refractivity contribution is -0.122. The summed E-state index contributed by atoms with van der Waals surface area (Å²) < 4.78 is 0. The molecule has 0 saturated heterocycles. The van der Waals surface area contributed by atoms with Crippen molar-refractivity contribution in [3.63, 3.8) is 0 Å². The van der Waals surface area contributed by atoms with Crippen molar-refractivity contribution in [3.05, 3.63) is 35.4 Å². The van der Waals surface area contributed by atoms with Gasteiger partial charge in [0.1, 0.15) is 0 Å². The van der Waals surface area contributed by atoms with E-state index in [-0.39, 0.29) is 17.9 Å². The van der Waals surface area contributed by atoms with Crippen LogP contribution in [0.4, 0.5) is 0 Å². The molecule has 1 aromatic rings. The number of benzene rings is 1. The molecule has 5 heteroatoms. The van der Waals surface area contributed by atoms with Gasteiger partial charge in [0.25, 0.3) is 5.91 Å². The number of nitrogens with one attached hydrogen (secondary N) is 2. The monoisotopic (exact) mass is 333 g/mol. The Labute approximate surface area is 145 Å². The van der Waals surface area contributed by atoms with Crippen LogP contribution in [0.1, 0.15) is 55.5 Å². The standard InChI is InChI=1S/C19H31N3O2/c1-5-6-7-8-15(2)21-18(23)14-22(4)13-16-9-11-17(12-10-16)19(24)20-3/h9-12,15H,5-8,13-14H2,1-4H3,(H,20,24)(H,21,23). The number of rotatable bonds is 10. The molecule has 0 aliphatic carbocycles. The Morgan fingerprint density at radius 3 is 2.42 bits per heavy atom. The van der Waals surface area contributed by atoms with Gasteiger partial charge in [0.15, 0.2) is 0 Å². The molecular weight excluding hydrogens is 302 g/mol. The van der Waals surface area contributed by atoms with Crippen molar-refractivity contribution in [1.29, 1.82) is 0 Å². The molecule has 2 amide bonds. The summed E-state index contributed by atoms with van der Waals surface area (Å²) in [6, 6.07) is 7.68. The van der Waals surface area contributed by atoms with Gasteiger partial charge in [-0.25, -0.2) is 0 Å². The summed E-state index contributed by atoms with van der Waals surface area (Å²) in [5.74, 6) is -0.0326. The third kappa shape index (κ3) is 7.59. The first kappa shape index (κ1) is 20.2. The number of nitrogens with zero attached hydrogens (tertiary/aromatic N) is 1. The van der Waals surface area contributed by atoms with Crippen molar-refractivity contribution >= 4 is 11.8 Å². The highest BCUT2D eigenvalue weighted by Crippen LogP contribution is 2.07. The van der Waals surface area contributed by atoms with E-state index in [1.54, 1.807) is 19.2 Å². The highest BCUT2D eigenvalue weighted by atomic mass is 16.2. The fraction of sp³-hybridized carbons (Fsp3) is 0.579. The number of likely N-dealkylation sites (N-methyl/N-ethyl adjacent to an activating group) is 1. The first-order chi connectivity index (χ1) is 11.5. The van der Waals surface area contributed by atoms with E-state index in [4.69, 9.17) is 0 Å². The Morgan fingerprint density at radius 2 is 1.83 bits per heavy atom. The van der Waals surface area contributed by atoms with Crippen LogP contribution < -0.4 is 10.6 Å². The zero-order chi connectivity index (χ0) is 17.9. The number of unbranched alkanes of at least 4 members (excludes halogenated alkanes) is 2. The van der Waals surface area contributed by atoms with Crippen LogP contribution in [0, 0.1) is 0 Å².